The lowest BCUT2D eigenvalue weighted by Gasteiger charge is -2.21. The molecule has 96 valence electrons. The topological polar surface area (TPSA) is 20.2 Å². The van der Waals surface area contributed by atoms with E-state index in [9.17, 15) is 5.11 Å². The highest BCUT2D eigenvalue weighted by Gasteiger charge is 2.39. The number of benzene rings is 1. The molecule has 0 spiro atoms. The number of hydrogen-bond acceptors (Lipinski definition) is 1. The zero-order valence-electron chi connectivity index (χ0n) is 12.1. The maximum atomic E-state index is 10.0. The van der Waals surface area contributed by atoms with Crippen LogP contribution in [0.2, 0.25) is 0 Å². The zero-order chi connectivity index (χ0) is 13.3. The molecule has 0 radical (unpaired) electrons. The molecule has 0 amide bonds. The molecule has 0 unspecified atom stereocenters. The molecule has 1 aliphatic carbocycles. The van der Waals surface area contributed by atoms with E-state index in [0.29, 0.717) is 5.41 Å². The largest absolute Gasteiger partial charge is 0.386 e. The number of rotatable bonds is 2. The highest BCUT2D eigenvalue weighted by atomic mass is 16.3. The molecule has 0 saturated heterocycles. The van der Waals surface area contributed by atoms with Crippen LogP contribution in [0.15, 0.2) is 18.2 Å². The molecule has 2 rings (SSSR count). The minimum atomic E-state index is -0.730. The van der Waals surface area contributed by atoms with Crippen molar-refractivity contribution in [2.75, 3.05) is 0 Å². The Morgan fingerprint density at radius 3 is 2.06 bits per heavy atom. The molecule has 0 heterocycles. The van der Waals surface area contributed by atoms with Gasteiger partial charge in [-0.05, 0) is 50.2 Å². The monoisotopic (exact) mass is 234 g/mol. The summed E-state index contributed by atoms with van der Waals surface area (Å²) in [6.07, 6.45) is 2.56. The average molecular weight is 234 g/mol. The third kappa shape index (κ3) is 3.32. The van der Waals surface area contributed by atoms with E-state index < -0.39 is 5.60 Å². The Kier molecular flexibility index (Phi) is 4.03. The quantitative estimate of drug-likeness (QED) is 0.809. The van der Waals surface area contributed by atoms with Gasteiger partial charge in [0.25, 0.3) is 0 Å². The lowest BCUT2D eigenvalue weighted by molar-refractivity contribution is 0.0784. The van der Waals surface area contributed by atoms with Gasteiger partial charge in [0.1, 0.15) is 0 Å². The van der Waals surface area contributed by atoms with Crippen molar-refractivity contribution in [2.24, 2.45) is 0 Å². The SMILES string of the molecule is CC.Cc1cc(C(C)(C)O)cc(C2(C)CC2)c1. The van der Waals surface area contributed by atoms with Crippen molar-refractivity contribution in [1.82, 2.24) is 0 Å². The summed E-state index contributed by atoms with van der Waals surface area (Å²) in [6.45, 7) is 12.1. The van der Waals surface area contributed by atoms with Crippen LogP contribution in [0.3, 0.4) is 0 Å². The summed E-state index contributed by atoms with van der Waals surface area (Å²) < 4.78 is 0. The van der Waals surface area contributed by atoms with E-state index >= 15 is 0 Å². The Bertz CT molecular complexity index is 358. The molecule has 0 aliphatic heterocycles. The molecule has 17 heavy (non-hydrogen) atoms. The number of aryl methyl sites for hydroxylation is 1. The summed E-state index contributed by atoms with van der Waals surface area (Å²) in [4.78, 5) is 0. The van der Waals surface area contributed by atoms with Crippen LogP contribution in [0.1, 0.15) is 64.2 Å². The maximum absolute atomic E-state index is 10.0. The molecule has 1 N–H and O–H groups in total. The fourth-order valence-corrected chi connectivity index (χ4v) is 1.96. The second-order valence-electron chi connectivity index (χ2n) is 5.71. The Morgan fingerprint density at radius 2 is 1.65 bits per heavy atom. The van der Waals surface area contributed by atoms with E-state index in [1.165, 1.54) is 24.0 Å². The van der Waals surface area contributed by atoms with Crippen LogP contribution in [0.5, 0.6) is 0 Å². The van der Waals surface area contributed by atoms with Crippen molar-refractivity contribution in [2.45, 2.75) is 65.4 Å². The predicted octanol–water partition coefficient (Wildman–Crippen LogP) is 4.30. The third-order valence-corrected chi connectivity index (χ3v) is 3.48. The van der Waals surface area contributed by atoms with Gasteiger partial charge < -0.3 is 5.11 Å². The second kappa shape index (κ2) is 4.81. The summed E-state index contributed by atoms with van der Waals surface area (Å²) in [7, 11) is 0. The first kappa shape index (κ1) is 14.2. The first-order valence-corrected chi connectivity index (χ1v) is 6.66. The molecule has 1 aliphatic rings. The van der Waals surface area contributed by atoms with E-state index in [1.807, 2.05) is 27.7 Å². The van der Waals surface area contributed by atoms with Gasteiger partial charge in [0.2, 0.25) is 0 Å². The first-order chi connectivity index (χ1) is 7.81. The van der Waals surface area contributed by atoms with Gasteiger partial charge >= 0.3 is 0 Å². The molecule has 1 saturated carbocycles. The summed E-state index contributed by atoms with van der Waals surface area (Å²) >= 11 is 0. The van der Waals surface area contributed by atoms with E-state index in [1.54, 1.807) is 0 Å². The lowest BCUT2D eigenvalue weighted by atomic mass is 9.89. The van der Waals surface area contributed by atoms with E-state index in [0.717, 1.165) is 5.56 Å². The van der Waals surface area contributed by atoms with Crippen LogP contribution in [0, 0.1) is 6.92 Å². The summed E-state index contributed by atoms with van der Waals surface area (Å²) in [5, 5.41) is 10.0. The fraction of sp³-hybridized carbons (Fsp3) is 0.625. The number of aliphatic hydroxyl groups is 1. The second-order valence-corrected chi connectivity index (χ2v) is 5.71. The minimum absolute atomic E-state index is 0.381. The molecule has 1 nitrogen and oxygen atoms in total. The average Bonchev–Trinajstić information content (AvgIpc) is 2.99. The zero-order valence-corrected chi connectivity index (χ0v) is 12.1. The first-order valence-electron chi connectivity index (χ1n) is 6.66. The molecule has 0 atom stereocenters. The highest BCUT2D eigenvalue weighted by Crippen LogP contribution is 2.48. The standard InChI is InChI=1S/C14H20O.C2H6/c1-10-7-11(13(2,3)15)9-12(8-10)14(4)5-6-14;1-2/h7-9,15H,5-6H2,1-4H3;1-2H3. The molecule has 1 aromatic carbocycles. The Labute approximate surface area is 106 Å². The van der Waals surface area contributed by atoms with E-state index in [4.69, 9.17) is 0 Å². The Balaban J connectivity index is 0.000000686. The van der Waals surface area contributed by atoms with Crippen LogP contribution in [-0.2, 0) is 11.0 Å². The normalized spacial score (nSPS) is 17.1. The molecule has 1 aromatic rings. The summed E-state index contributed by atoms with van der Waals surface area (Å²) in [5.74, 6) is 0. The van der Waals surface area contributed by atoms with Gasteiger partial charge in [-0.1, -0.05) is 44.5 Å². The molecule has 0 bridgehead atoms. The van der Waals surface area contributed by atoms with Gasteiger partial charge in [-0.15, -0.1) is 0 Å². The smallest absolute Gasteiger partial charge is 0.0840 e. The van der Waals surface area contributed by atoms with Crippen molar-refractivity contribution in [3.63, 3.8) is 0 Å². The van der Waals surface area contributed by atoms with Crippen molar-refractivity contribution in [3.05, 3.63) is 34.9 Å². The van der Waals surface area contributed by atoms with Gasteiger partial charge in [0.05, 0.1) is 5.60 Å². The molecule has 0 aromatic heterocycles. The minimum Gasteiger partial charge on any atom is -0.386 e. The van der Waals surface area contributed by atoms with Gasteiger partial charge in [0.15, 0.2) is 0 Å². The van der Waals surface area contributed by atoms with Crippen LogP contribution in [0.25, 0.3) is 0 Å². The van der Waals surface area contributed by atoms with Gasteiger partial charge in [-0.3, -0.25) is 0 Å². The van der Waals surface area contributed by atoms with Gasteiger partial charge in [-0.25, -0.2) is 0 Å². The van der Waals surface area contributed by atoms with E-state index in [2.05, 4.69) is 32.0 Å². The van der Waals surface area contributed by atoms with Crippen molar-refractivity contribution in [1.29, 1.82) is 0 Å². The maximum Gasteiger partial charge on any atom is 0.0840 e. The van der Waals surface area contributed by atoms with Crippen LogP contribution >= 0.6 is 0 Å². The van der Waals surface area contributed by atoms with Crippen molar-refractivity contribution >= 4 is 0 Å². The van der Waals surface area contributed by atoms with Crippen molar-refractivity contribution < 1.29 is 5.11 Å². The van der Waals surface area contributed by atoms with Crippen LogP contribution < -0.4 is 0 Å². The summed E-state index contributed by atoms with van der Waals surface area (Å²) in [6, 6.07) is 6.50. The van der Waals surface area contributed by atoms with Crippen molar-refractivity contribution in [3.8, 4) is 0 Å². The lowest BCUT2D eigenvalue weighted by Crippen LogP contribution is -2.17. The highest BCUT2D eigenvalue weighted by molar-refractivity contribution is 5.39. The molecule has 1 heteroatoms. The molecular formula is C16H26O. The fourth-order valence-electron chi connectivity index (χ4n) is 1.96. The Hall–Kier alpha value is -0.820. The van der Waals surface area contributed by atoms with E-state index in [-0.39, 0.29) is 0 Å². The third-order valence-electron chi connectivity index (χ3n) is 3.48. The van der Waals surface area contributed by atoms with Crippen LogP contribution in [-0.4, -0.2) is 5.11 Å². The van der Waals surface area contributed by atoms with Crippen LogP contribution in [0.4, 0.5) is 0 Å². The van der Waals surface area contributed by atoms with Gasteiger partial charge in [-0.2, -0.15) is 0 Å². The molecule has 1 fully saturated rings. The number of hydrogen-bond donors (Lipinski definition) is 1. The van der Waals surface area contributed by atoms with Gasteiger partial charge in [0, 0.05) is 0 Å². The molecular weight excluding hydrogens is 208 g/mol. The summed E-state index contributed by atoms with van der Waals surface area (Å²) in [5.41, 5.74) is 3.32. The Morgan fingerprint density at radius 1 is 1.12 bits per heavy atom. The predicted molar refractivity (Wildman–Crippen MR) is 74.4 cm³/mol.